The van der Waals surface area contributed by atoms with E-state index in [1.807, 2.05) is 0 Å². The van der Waals surface area contributed by atoms with E-state index in [-0.39, 0.29) is 0 Å². The smallest absolute Gasteiger partial charge is 0.0700 e. The van der Waals surface area contributed by atoms with Crippen molar-refractivity contribution in [1.29, 1.82) is 0 Å². The van der Waals surface area contributed by atoms with Gasteiger partial charge in [0.15, 0.2) is 0 Å². The Labute approximate surface area is 110 Å². The zero-order valence-electron chi connectivity index (χ0n) is 11.5. The molecule has 1 unspecified atom stereocenters. The maximum absolute atomic E-state index is 5.86. The Morgan fingerprint density at radius 1 is 1.22 bits per heavy atom. The number of benzene rings is 1. The molecule has 0 fully saturated rings. The highest BCUT2D eigenvalue weighted by molar-refractivity contribution is 5.25. The molecule has 1 aromatic carbocycles. The van der Waals surface area contributed by atoms with E-state index in [1.54, 1.807) is 7.11 Å². The molecule has 0 saturated carbocycles. The molecule has 1 aromatic rings. The molecule has 1 rings (SSSR count). The first kappa shape index (κ1) is 15.2. The number of rotatable bonds is 9. The van der Waals surface area contributed by atoms with E-state index in [9.17, 15) is 0 Å². The number of ether oxygens (including phenoxy) is 2. The molecule has 1 atom stereocenters. The molecule has 0 radical (unpaired) electrons. The molecule has 102 valence electrons. The molecule has 0 heterocycles. The summed E-state index contributed by atoms with van der Waals surface area (Å²) < 4.78 is 10.4. The summed E-state index contributed by atoms with van der Waals surface area (Å²) in [6, 6.07) is 8.60. The summed E-state index contributed by atoms with van der Waals surface area (Å²) in [5, 5.41) is 0. The van der Waals surface area contributed by atoms with Gasteiger partial charge in [-0.3, -0.25) is 0 Å². The number of hydrogen-bond donors (Lipinski definition) is 1. The van der Waals surface area contributed by atoms with Crippen LogP contribution in [-0.4, -0.2) is 33.5 Å². The Hall–Kier alpha value is -0.900. The molecule has 18 heavy (non-hydrogen) atoms. The van der Waals surface area contributed by atoms with Crippen molar-refractivity contribution in [2.45, 2.75) is 25.7 Å². The second-order valence-electron chi connectivity index (χ2n) is 4.59. The lowest BCUT2D eigenvalue weighted by molar-refractivity contribution is 0.0682. The van der Waals surface area contributed by atoms with Crippen LogP contribution in [0.5, 0.6) is 0 Å². The van der Waals surface area contributed by atoms with Crippen molar-refractivity contribution < 1.29 is 9.47 Å². The molecule has 3 nitrogen and oxygen atoms in total. The van der Waals surface area contributed by atoms with E-state index in [1.165, 1.54) is 11.1 Å². The van der Waals surface area contributed by atoms with Gasteiger partial charge in [-0.05, 0) is 37.8 Å². The Morgan fingerprint density at radius 2 is 2.06 bits per heavy atom. The van der Waals surface area contributed by atoms with Crippen molar-refractivity contribution in [3.63, 3.8) is 0 Å². The van der Waals surface area contributed by atoms with Crippen LogP contribution in [0.15, 0.2) is 24.3 Å². The van der Waals surface area contributed by atoms with Crippen molar-refractivity contribution in [3.8, 4) is 0 Å². The molecule has 0 bridgehead atoms. The molecule has 2 N–H and O–H groups in total. The Balaban J connectivity index is 2.29. The van der Waals surface area contributed by atoms with Gasteiger partial charge in [0.25, 0.3) is 0 Å². The Bertz CT molecular complexity index is 328. The zero-order valence-corrected chi connectivity index (χ0v) is 11.5. The van der Waals surface area contributed by atoms with Crippen LogP contribution in [-0.2, 0) is 9.47 Å². The predicted molar refractivity (Wildman–Crippen MR) is 74.9 cm³/mol. The van der Waals surface area contributed by atoms with Crippen molar-refractivity contribution in [3.05, 3.63) is 35.4 Å². The molecule has 0 amide bonds. The largest absolute Gasteiger partial charge is 0.382 e. The SMILES string of the molecule is COCCOCCCC(CN)c1cccc(C)c1. The summed E-state index contributed by atoms with van der Waals surface area (Å²) in [7, 11) is 1.69. The molecule has 0 spiro atoms. The average Bonchev–Trinajstić information content (AvgIpc) is 2.38. The van der Waals surface area contributed by atoms with Crippen LogP contribution in [0.3, 0.4) is 0 Å². The van der Waals surface area contributed by atoms with Crippen LogP contribution in [0.25, 0.3) is 0 Å². The van der Waals surface area contributed by atoms with Gasteiger partial charge in [0.2, 0.25) is 0 Å². The summed E-state index contributed by atoms with van der Waals surface area (Å²) in [5.74, 6) is 0.441. The van der Waals surface area contributed by atoms with Gasteiger partial charge in [-0.15, -0.1) is 0 Å². The minimum atomic E-state index is 0.441. The summed E-state index contributed by atoms with van der Waals surface area (Å²) in [5.41, 5.74) is 8.49. The van der Waals surface area contributed by atoms with E-state index < -0.39 is 0 Å². The number of methoxy groups -OCH3 is 1. The molecular weight excluding hydrogens is 226 g/mol. The van der Waals surface area contributed by atoms with Gasteiger partial charge in [-0.25, -0.2) is 0 Å². The lowest BCUT2D eigenvalue weighted by Crippen LogP contribution is -2.14. The van der Waals surface area contributed by atoms with Gasteiger partial charge in [-0.2, -0.15) is 0 Å². The number of nitrogens with two attached hydrogens (primary N) is 1. The monoisotopic (exact) mass is 251 g/mol. The predicted octanol–water partition coefficient (Wildman–Crippen LogP) is 2.48. The van der Waals surface area contributed by atoms with Crippen LogP contribution in [0.2, 0.25) is 0 Å². The van der Waals surface area contributed by atoms with Gasteiger partial charge in [0, 0.05) is 13.7 Å². The minimum Gasteiger partial charge on any atom is -0.382 e. The van der Waals surface area contributed by atoms with Crippen LogP contribution < -0.4 is 5.73 Å². The first-order chi connectivity index (χ1) is 8.77. The Morgan fingerprint density at radius 3 is 2.72 bits per heavy atom. The van der Waals surface area contributed by atoms with E-state index in [0.717, 1.165) is 19.4 Å². The molecule has 0 aliphatic carbocycles. The fraction of sp³-hybridized carbons (Fsp3) is 0.600. The standard InChI is InChI=1S/C15H25NO2/c1-13-5-3-6-14(11-13)15(12-16)7-4-8-18-10-9-17-2/h3,5-6,11,15H,4,7-10,12,16H2,1-2H3. The van der Waals surface area contributed by atoms with Gasteiger partial charge in [0.1, 0.15) is 0 Å². The number of hydrogen-bond acceptors (Lipinski definition) is 3. The van der Waals surface area contributed by atoms with Crippen LogP contribution >= 0.6 is 0 Å². The minimum absolute atomic E-state index is 0.441. The molecule has 0 aliphatic rings. The average molecular weight is 251 g/mol. The van der Waals surface area contributed by atoms with Crippen LogP contribution in [0.1, 0.15) is 29.9 Å². The highest BCUT2D eigenvalue weighted by Gasteiger charge is 2.09. The maximum Gasteiger partial charge on any atom is 0.0700 e. The Kier molecular flexibility index (Phi) is 7.65. The topological polar surface area (TPSA) is 44.5 Å². The van der Waals surface area contributed by atoms with Crippen molar-refractivity contribution >= 4 is 0 Å². The van der Waals surface area contributed by atoms with E-state index in [2.05, 4.69) is 31.2 Å². The van der Waals surface area contributed by atoms with Crippen LogP contribution in [0, 0.1) is 6.92 Å². The van der Waals surface area contributed by atoms with E-state index in [0.29, 0.717) is 25.7 Å². The second kappa shape index (κ2) is 9.09. The molecule has 0 saturated heterocycles. The first-order valence-corrected chi connectivity index (χ1v) is 6.61. The van der Waals surface area contributed by atoms with Crippen molar-refractivity contribution in [2.75, 3.05) is 33.5 Å². The second-order valence-corrected chi connectivity index (χ2v) is 4.59. The third-order valence-corrected chi connectivity index (χ3v) is 3.07. The van der Waals surface area contributed by atoms with Crippen molar-refractivity contribution in [1.82, 2.24) is 0 Å². The third kappa shape index (κ3) is 5.63. The maximum atomic E-state index is 5.86. The summed E-state index contributed by atoms with van der Waals surface area (Å²) in [6.07, 6.45) is 2.12. The molecule has 3 heteroatoms. The highest BCUT2D eigenvalue weighted by Crippen LogP contribution is 2.20. The molecular formula is C15H25NO2. The lowest BCUT2D eigenvalue weighted by Gasteiger charge is -2.15. The van der Waals surface area contributed by atoms with E-state index >= 15 is 0 Å². The normalized spacial score (nSPS) is 12.6. The van der Waals surface area contributed by atoms with Gasteiger partial charge in [-0.1, -0.05) is 29.8 Å². The molecule has 0 aliphatic heterocycles. The quantitative estimate of drug-likeness (QED) is 0.686. The van der Waals surface area contributed by atoms with E-state index in [4.69, 9.17) is 15.2 Å². The van der Waals surface area contributed by atoms with Crippen molar-refractivity contribution in [2.24, 2.45) is 5.73 Å². The van der Waals surface area contributed by atoms with Gasteiger partial charge in [0.05, 0.1) is 13.2 Å². The summed E-state index contributed by atoms with van der Waals surface area (Å²) in [6.45, 7) is 4.94. The molecule has 0 aromatic heterocycles. The van der Waals surface area contributed by atoms with Gasteiger partial charge < -0.3 is 15.2 Å². The van der Waals surface area contributed by atoms with Crippen LogP contribution in [0.4, 0.5) is 0 Å². The highest BCUT2D eigenvalue weighted by atomic mass is 16.5. The third-order valence-electron chi connectivity index (χ3n) is 3.07. The van der Waals surface area contributed by atoms with Gasteiger partial charge >= 0.3 is 0 Å². The summed E-state index contributed by atoms with van der Waals surface area (Å²) >= 11 is 0. The lowest BCUT2D eigenvalue weighted by atomic mass is 9.93. The fourth-order valence-electron chi connectivity index (χ4n) is 2.02. The number of aryl methyl sites for hydroxylation is 1. The fourth-order valence-corrected chi connectivity index (χ4v) is 2.02. The first-order valence-electron chi connectivity index (χ1n) is 6.61. The zero-order chi connectivity index (χ0) is 13.2. The summed E-state index contributed by atoms with van der Waals surface area (Å²) in [4.78, 5) is 0.